The number of para-hydroxylation sites is 1. The predicted octanol–water partition coefficient (Wildman–Crippen LogP) is 3.64. The van der Waals surface area contributed by atoms with E-state index in [0.29, 0.717) is 0 Å². The Morgan fingerprint density at radius 1 is 1.11 bits per heavy atom. The van der Waals surface area contributed by atoms with Gasteiger partial charge in [-0.3, -0.25) is 0 Å². The van der Waals surface area contributed by atoms with Crippen LogP contribution in [0.3, 0.4) is 0 Å². The molecule has 0 amide bonds. The van der Waals surface area contributed by atoms with Gasteiger partial charge in [-0.25, -0.2) is 0 Å². The van der Waals surface area contributed by atoms with Crippen LogP contribution < -0.4 is 9.83 Å². The molecule has 1 atom stereocenters. The van der Waals surface area contributed by atoms with Crippen molar-refractivity contribution in [3.8, 4) is 16.9 Å². The lowest BCUT2D eigenvalue weighted by atomic mass is 10.0. The number of hydrogen-bond donors (Lipinski definition) is 0. The van der Waals surface area contributed by atoms with Gasteiger partial charge in [0, 0.05) is 12.7 Å². The zero-order valence-corrected chi connectivity index (χ0v) is 11.9. The maximum Gasteiger partial charge on any atom is 0.269 e. The molecule has 0 N–H and O–H groups in total. The summed E-state index contributed by atoms with van der Waals surface area (Å²) in [5.74, 6) is 0.819. The lowest BCUT2D eigenvalue weighted by molar-refractivity contribution is 0.401. The second-order valence-electron chi connectivity index (χ2n) is 4.29. The molecule has 0 saturated heterocycles. The summed E-state index contributed by atoms with van der Waals surface area (Å²) in [6.45, 7) is -0.359. The van der Waals surface area contributed by atoms with Gasteiger partial charge in [0.15, 0.2) is 0 Å². The van der Waals surface area contributed by atoms with E-state index in [2.05, 4.69) is 31.2 Å². The molecular formula is C14H13O2PS. The van der Waals surface area contributed by atoms with Gasteiger partial charge in [0.1, 0.15) is 5.75 Å². The fourth-order valence-electron chi connectivity index (χ4n) is 2.18. The first-order chi connectivity index (χ1) is 8.64. The Bertz CT molecular complexity index is 667. The lowest BCUT2D eigenvalue weighted by Gasteiger charge is -2.30. The molecule has 0 radical (unpaired) electrons. The van der Waals surface area contributed by atoms with Gasteiger partial charge in [-0.2, -0.15) is 0 Å². The minimum Gasteiger partial charge on any atom is -0.440 e. The highest BCUT2D eigenvalue weighted by Crippen LogP contribution is 2.55. The van der Waals surface area contributed by atoms with Crippen LogP contribution in [-0.4, -0.2) is 7.11 Å². The van der Waals surface area contributed by atoms with Crippen LogP contribution in [0.4, 0.5) is 0 Å². The Morgan fingerprint density at radius 3 is 2.67 bits per heavy atom. The standard InChI is InChI=1S/C14H13O2PS/c1-10-7-8-12-11-5-3-4-6-13(11)16-17(18,15-2)14(12)9-10/h3-9H,1-2H3. The van der Waals surface area contributed by atoms with Gasteiger partial charge in [0.25, 0.3) is 6.49 Å². The summed E-state index contributed by atoms with van der Waals surface area (Å²) in [6, 6.07) is 14.2. The lowest BCUT2D eigenvalue weighted by Crippen LogP contribution is -2.18. The Labute approximate surface area is 112 Å². The SMILES string of the molecule is COP1(=S)Oc2ccccc2-c2ccc(C)cc21. The molecule has 2 aromatic carbocycles. The predicted molar refractivity (Wildman–Crippen MR) is 78.2 cm³/mol. The minimum absolute atomic E-state index is 0.819. The highest BCUT2D eigenvalue weighted by molar-refractivity contribution is 8.13. The minimum atomic E-state index is -2.41. The third kappa shape index (κ3) is 1.71. The highest BCUT2D eigenvalue weighted by Gasteiger charge is 2.32. The number of fused-ring (bicyclic) bond motifs is 3. The molecule has 1 aliphatic rings. The largest absolute Gasteiger partial charge is 0.440 e. The fourth-order valence-corrected chi connectivity index (χ4v) is 4.51. The number of benzene rings is 2. The van der Waals surface area contributed by atoms with Crippen LogP contribution >= 0.6 is 6.49 Å². The Morgan fingerprint density at radius 2 is 1.89 bits per heavy atom. The van der Waals surface area contributed by atoms with E-state index in [-0.39, 0.29) is 0 Å². The van der Waals surface area contributed by atoms with Crippen LogP contribution in [0.15, 0.2) is 42.5 Å². The summed E-state index contributed by atoms with van der Waals surface area (Å²) in [6.07, 6.45) is 0. The summed E-state index contributed by atoms with van der Waals surface area (Å²) in [5.41, 5.74) is 3.39. The van der Waals surface area contributed by atoms with Gasteiger partial charge in [0.05, 0.1) is 5.30 Å². The summed E-state index contributed by atoms with van der Waals surface area (Å²) in [4.78, 5) is 0. The average Bonchev–Trinajstić information content (AvgIpc) is 2.39. The second kappa shape index (κ2) is 4.20. The maximum atomic E-state index is 5.95. The first-order valence-electron chi connectivity index (χ1n) is 5.70. The number of hydrogen-bond acceptors (Lipinski definition) is 3. The topological polar surface area (TPSA) is 18.5 Å². The van der Waals surface area contributed by atoms with Crippen LogP contribution in [0.2, 0.25) is 0 Å². The molecule has 2 aromatic rings. The molecule has 4 heteroatoms. The fraction of sp³-hybridized carbons (Fsp3) is 0.143. The Balaban J connectivity index is 2.35. The van der Waals surface area contributed by atoms with Crippen molar-refractivity contribution in [1.82, 2.24) is 0 Å². The molecule has 0 aliphatic carbocycles. The van der Waals surface area contributed by atoms with Crippen LogP contribution in [0.1, 0.15) is 5.56 Å². The van der Waals surface area contributed by atoms with Crippen LogP contribution in [0.5, 0.6) is 5.75 Å². The molecule has 1 aliphatic heterocycles. The van der Waals surface area contributed by atoms with E-state index in [1.54, 1.807) is 7.11 Å². The van der Waals surface area contributed by atoms with E-state index in [9.17, 15) is 0 Å². The van der Waals surface area contributed by atoms with Crippen molar-refractivity contribution in [2.45, 2.75) is 6.92 Å². The second-order valence-corrected chi connectivity index (χ2v) is 7.75. The summed E-state index contributed by atoms with van der Waals surface area (Å²) < 4.78 is 11.5. The molecule has 92 valence electrons. The van der Waals surface area contributed by atoms with Crippen LogP contribution in [0, 0.1) is 6.92 Å². The molecule has 0 aromatic heterocycles. The average molecular weight is 276 g/mol. The normalized spacial score (nSPS) is 20.8. The van der Waals surface area contributed by atoms with Gasteiger partial charge in [0.2, 0.25) is 0 Å². The van der Waals surface area contributed by atoms with Gasteiger partial charge < -0.3 is 9.05 Å². The first kappa shape index (κ1) is 11.9. The van der Waals surface area contributed by atoms with Crippen molar-refractivity contribution in [1.29, 1.82) is 0 Å². The smallest absolute Gasteiger partial charge is 0.269 e. The molecule has 0 bridgehead atoms. The van der Waals surface area contributed by atoms with Crippen molar-refractivity contribution in [2.24, 2.45) is 0 Å². The summed E-state index contributed by atoms with van der Waals surface area (Å²) in [5, 5.41) is 1.01. The number of rotatable bonds is 1. The summed E-state index contributed by atoms with van der Waals surface area (Å²) >= 11 is 5.61. The van der Waals surface area contributed by atoms with Crippen molar-refractivity contribution in [3.05, 3.63) is 48.0 Å². The molecule has 0 spiro atoms. The summed E-state index contributed by atoms with van der Waals surface area (Å²) in [7, 11) is 1.63. The molecule has 3 rings (SSSR count). The van der Waals surface area contributed by atoms with Crippen LogP contribution in [-0.2, 0) is 16.3 Å². The van der Waals surface area contributed by atoms with Gasteiger partial charge >= 0.3 is 0 Å². The monoisotopic (exact) mass is 276 g/mol. The van der Waals surface area contributed by atoms with Crippen molar-refractivity contribution >= 4 is 23.6 Å². The van der Waals surface area contributed by atoms with Crippen molar-refractivity contribution in [2.75, 3.05) is 7.11 Å². The zero-order valence-electron chi connectivity index (χ0n) is 10.2. The van der Waals surface area contributed by atoms with E-state index in [4.69, 9.17) is 20.9 Å². The van der Waals surface area contributed by atoms with Gasteiger partial charge in [-0.05, 0) is 36.4 Å². The van der Waals surface area contributed by atoms with E-state index in [1.165, 1.54) is 5.56 Å². The van der Waals surface area contributed by atoms with Gasteiger partial charge in [-0.1, -0.05) is 35.9 Å². The zero-order chi connectivity index (χ0) is 12.8. The van der Waals surface area contributed by atoms with E-state index in [1.807, 2.05) is 18.2 Å². The van der Waals surface area contributed by atoms with Crippen molar-refractivity contribution < 1.29 is 9.05 Å². The van der Waals surface area contributed by atoms with E-state index in [0.717, 1.165) is 22.2 Å². The molecule has 0 saturated carbocycles. The van der Waals surface area contributed by atoms with E-state index >= 15 is 0 Å². The third-order valence-corrected chi connectivity index (χ3v) is 6.22. The Hall–Kier alpha value is -1.15. The van der Waals surface area contributed by atoms with Gasteiger partial charge in [-0.15, -0.1) is 0 Å². The molecular weight excluding hydrogens is 263 g/mol. The quantitative estimate of drug-likeness (QED) is 0.741. The van der Waals surface area contributed by atoms with Crippen LogP contribution in [0.25, 0.3) is 11.1 Å². The number of aryl methyl sites for hydroxylation is 1. The van der Waals surface area contributed by atoms with Crippen molar-refractivity contribution in [3.63, 3.8) is 0 Å². The molecule has 0 fully saturated rings. The Kier molecular flexibility index (Phi) is 2.78. The third-order valence-electron chi connectivity index (χ3n) is 3.08. The molecule has 1 heterocycles. The highest BCUT2D eigenvalue weighted by atomic mass is 32.5. The first-order valence-corrected chi connectivity index (χ1v) is 8.34. The maximum absolute atomic E-state index is 5.95. The van der Waals surface area contributed by atoms with E-state index < -0.39 is 6.49 Å². The molecule has 1 unspecified atom stereocenters. The molecule has 2 nitrogen and oxygen atoms in total. The molecule has 18 heavy (non-hydrogen) atoms.